The number of piperazine rings is 1. The SMILES string of the molecule is CC1CN(c2ccccc2)CCN1C(=O)C(Cc1ccsc1)NC=O. The smallest absolute Gasteiger partial charge is 0.245 e. The van der Waals surface area contributed by atoms with E-state index in [-0.39, 0.29) is 11.9 Å². The van der Waals surface area contributed by atoms with Crippen LogP contribution in [0.15, 0.2) is 47.2 Å². The van der Waals surface area contributed by atoms with Gasteiger partial charge in [-0.15, -0.1) is 0 Å². The first-order chi connectivity index (χ1) is 12.2. The molecule has 0 radical (unpaired) electrons. The summed E-state index contributed by atoms with van der Waals surface area (Å²) in [4.78, 5) is 28.1. The Morgan fingerprint density at radius 2 is 2.12 bits per heavy atom. The maximum atomic E-state index is 13.0. The Hall–Kier alpha value is -2.34. The van der Waals surface area contributed by atoms with Crippen molar-refractivity contribution in [3.05, 3.63) is 52.7 Å². The van der Waals surface area contributed by atoms with Gasteiger partial charge in [-0.05, 0) is 41.4 Å². The van der Waals surface area contributed by atoms with E-state index in [1.165, 1.54) is 5.69 Å². The second-order valence-corrected chi connectivity index (χ2v) is 7.12. The molecule has 1 aliphatic rings. The van der Waals surface area contributed by atoms with Crippen LogP contribution in [0.1, 0.15) is 12.5 Å². The molecule has 0 saturated carbocycles. The Kier molecular flexibility index (Phi) is 5.71. The number of nitrogens with one attached hydrogen (secondary N) is 1. The minimum atomic E-state index is -0.502. The highest BCUT2D eigenvalue weighted by Gasteiger charge is 2.31. The predicted octanol–water partition coefficient (Wildman–Crippen LogP) is 2.14. The summed E-state index contributed by atoms with van der Waals surface area (Å²) < 4.78 is 0. The van der Waals surface area contributed by atoms with E-state index in [1.54, 1.807) is 11.3 Å². The molecule has 2 unspecified atom stereocenters. The van der Waals surface area contributed by atoms with Crippen LogP contribution in [0.2, 0.25) is 0 Å². The zero-order chi connectivity index (χ0) is 17.6. The van der Waals surface area contributed by atoms with Crippen molar-refractivity contribution < 1.29 is 9.59 Å². The highest BCUT2D eigenvalue weighted by molar-refractivity contribution is 7.07. The Labute approximate surface area is 152 Å². The van der Waals surface area contributed by atoms with Gasteiger partial charge in [-0.2, -0.15) is 11.3 Å². The van der Waals surface area contributed by atoms with Crippen molar-refractivity contribution in [2.75, 3.05) is 24.5 Å². The van der Waals surface area contributed by atoms with Crippen molar-refractivity contribution in [3.63, 3.8) is 0 Å². The van der Waals surface area contributed by atoms with E-state index in [4.69, 9.17) is 0 Å². The molecule has 6 heteroatoms. The Bertz CT molecular complexity index is 690. The van der Waals surface area contributed by atoms with Crippen LogP contribution in [0.3, 0.4) is 0 Å². The minimum Gasteiger partial charge on any atom is -0.368 e. The zero-order valence-electron chi connectivity index (χ0n) is 14.3. The fourth-order valence-corrected chi connectivity index (χ4v) is 3.98. The van der Waals surface area contributed by atoms with E-state index < -0.39 is 6.04 Å². The molecule has 1 fully saturated rings. The number of amides is 2. The molecule has 25 heavy (non-hydrogen) atoms. The Balaban J connectivity index is 1.66. The molecule has 0 spiro atoms. The molecule has 2 aromatic rings. The quantitative estimate of drug-likeness (QED) is 0.806. The van der Waals surface area contributed by atoms with Gasteiger partial charge < -0.3 is 15.1 Å². The van der Waals surface area contributed by atoms with Crippen molar-refractivity contribution in [1.82, 2.24) is 10.2 Å². The maximum Gasteiger partial charge on any atom is 0.245 e. The molecule has 1 saturated heterocycles. The molecular formula is C19H23N3O2S. The second-order valence-electron chi connectivity index (χ2n) is 6.34. The standard InChI is InChI=1S/C19H23N3O2S/c1-15-12-21(17-5-3-2-4-6-17)8-9-22(15)19(24)18(20-14-23)11-16-7-10-25-13-16/h2-7,10,13-15,18H,8-9,11-12H2,1H3,(H,20,23). The summed E-state index contributed by atoms with van der Waals surface area (Å²) in [6, 6.07) is 11.8. The van der Waals surface area contributed by atoms with Crippen LogP contribution in [-0.4, -0.2) is 48.9 Å². The zero-order valence-corrected chi connectivity index (χ0v) is 15.1. The van der Waals surface area contributed by atoms with Crippen molar-refractivity contribution in [2.45, 2.75) is 25.4 Å². The molecule has 2 atom stereocenters. The number of nitrogens with zero attached hydrogens (tertiary/aromatic N) is 2. The molecular weight excluding hydrogens is 334 g/mol. The first kappa shape index (κ1) is 17.5. The summed E-state index contributed by atoms with van der Waals surface area (Å²) in [5.74, 6) is -0.00138. The van der Waals surface area contributed by atoms with Crippen molar-refractivity contribution in [1.29, 1.82) is 0 Å². The lowest BCUT2D eigenvalue weighted by atomic mass is 10.1. The van der Waals surface area contributed by atoms with Crippen LogP contribution in [0.5, 0.6) is 0 Å². The van der Waals surface area contributed by atoms with Crippen molar-refractivity contribution >= 4 is 29.3 Å². The number of para-hydroxylation sites is 1. The molecule has 0 aliphatic carbocycles. The third kappa shape index (κ3) is 4.20. The molecule has 132 valence electrons. The number of benzene rings is 1. The summed E-state index contributed by atoms with van der Waals surface area (Å²) in [6.45, 7) is 4.32. The minimum absolute atomic E-state index is 0.00138. The highest BCUT2D eigenvalue weighted by atomic mass is 32.1. The van der Waals surface area contributed by atoms with Gasteiger partial charge in [0.15, 0.2) is 0 Å². The van der Waals surface area contributed by atoms with Gasteiger partial charge in [0, 0.05) is 37.8 Å². The van der Waals surface area contributed by atoms with Crippen LogP contribution >= 0.6 is 11.3 Å². The number of rotatable bonds is 6. The van der Waals surface area contributed by atoms with E-state index in [0.29, 0.717) is 19.4 Å². The molecule has 3 rings (SSSR count). The number of hydrogen-bond donors (Lipinski definition) is 1. The summed E-state index contributed by atoms with van der Waals surface area (Å²) in [7, 11) is 0. The van der Waals surface area contributed by atoms with E-state index in [1.807, 2.05) is 39.9 Å². The number of anilines is 1. The van der Waals surface area contributed by atoms with Crippen LogP contribution in [-0.2, 0) is 16.0 Å². The molecule has 5 nitrogen and oxygen atoms in total. The average Bonchev–Trinajstić information content (AvgIpc) is 3.14. The van der Waals surface area contributed by atoms with Crippen LogP contribution in [0.25, 0.3) is 0 Å². The van der Waals surface area contributed by atoms with Gasteiger partial charge >= 0.3 is 0 Å². The summed E-state index contributed by atoms with van der Waals surface area (Å²) in [6.07, 6.45) is 1.16. The average molecular weight is 357 g/mol. The third-order valence-corrected chi connectivity index (χ3v) is 5.35. The molecule has 1 aromatic carbocycles. The number of hydrogen-bond acceptors (Lipinski definition) is 4. The van der Waals surface area contributed by atoms with Crippen LogP contribution in [0.4, 0.5) is 5.69 Å². The number of carbonyl (C=O) groups excluding carboxylic acids is 2. The van der Waals surface area contributed by atoms with Gasteiger partial charge in [-0.25, -0.2) is 0 Å². The van der Waals surface area contributed by atoms with Gasteiger partial charge in [-0.1, -0.05) is 18.2 Å². The second kappa shape index (κ2) is 8.16. The maximum absolute atomic E-state index is 13.0. The molecule has 0 bridgehead atoms. The molecule has 2 amide bonds. The fourth-order valence-electron chi connectivity index (χ4n) is 3.30. The third-order valence-electron chi connectivity index (χ3n) is 4.62. The fraction of sp³-hybridized carbons (Fsp3) is 0.368. The lowest BCUT2D eigenvalue weighted by Crippen LogP contribution is -2.58. The molecule has 2 heterocycles. The monoisotopic (exact) mass is 357 g/mol. The highest BCUT2D eigenvalue weighted by Crippen LogP contribution is 2.20. The van der Waals surface area contributed by atoms with Crippen LogP contribution in [0, 0.1) is 0 Å². The lowest BCUT2D eigenvalue weighted by molar-refractivity contribution is -0.137. The number of carbonyl (C=O) groups is 2. The molecule has 1 aromatic heterocycles. The van der Waals surface area contributed by atoms with Gasteiger partial charge in [0.05, 0.1) is 0 Å². The van der Waals surface area contributed by atoms with Crippen molar-refractivity contribution in [2.24, 2.45) is 0 Å². The van der Waals surface area contributed by atoms with Gasteiger partial charge in [0.1, 0.15) is 6.04 Å². The first-order valence-electron chi connectivity index (χ1n) is 8.50. The van der Waals surface area contributed by atoms with Crippen LogP contribution < -0.4 is 10.2 Å². The van der Waals surface area contributed by atoms with E-state index in [2.05, 4.69) is 29.3 Å². The summed E-state index contributed by atoms with van der Waals surface area (Å²) in [5, 5.41) is 6.70. The first-order valence-corrected chi connectivity index (χ1v) is 9.44. The summed E-state index contributed by atoms with van der Waals surface area (Å²) >= 11 is 1.60. The molecule has 1 aliphatic heterocycles. The van der Waals surface area contributed by atoms with Gasteiger partial charge in [0.25, 0.3) is 0 Å². The van der Waals surface area contributed by atoms with E-state index in [0.717, 1.165) is 18.7 Å². The Morgan fingerprint density at radius 1 is 1.32 bits per heavy atom. The van der Waals surface area contributed by atoms with Gasteiger partial charge in [0.2, 0.25) is 12.3 Å². The van der Waals surface area contributed by atoms with Crippen molar-refractivity contribution in [3.8, 4) is 0 Å². The predicted molar refractivity (Wildman–Crippen MR) is 101 cm³/mol. The topological polar surface area (TPSA) is 52.6 Å². The number of thiophene rings is 1. The van der Waals surface area contributed by atoms with Gasteiger partial charge in [-0.3, -0.25) is 9.59 Å². The molecule has 1 N–H and O–H groups in total. The summed E-state index contributed by atoms with van der Waals surface area (Å²) in [5.41, 5.74) is 2.26. The Morgan fingerprint density at radius 3 is 2.76 bits per heavy atom. The lowest BCUT2D eigenvalue weighted by Gasteiger charge is -2.42. The largest absolute Gasteiger partial charge is 0.368 e. The normalized spacial score (nSPS) is 18.7. The van der Waals surface area contributed by atoms with E-state index in [9.17, 15) is 9.59 Å². The van der Waals surface area contributed by atoms with E-state index >= 15 is 0 Å².